The quantitative estimate of drug-likeness (QED) is 0.0569. The van der Waals surface area contributed by atoms with Crippen molar-refractivity contribution >= 4 is 11.7 Å². The third kappa shape index (κ3) is 6.83. The third-order valence-corrected chi connectivity index (χ3v) is 7.60. The van der Waals surface area contributed by atoms with Gasteiger partial charge in [-0.3, -0.25) is 10.1 Å². The summed E-state index contributed by atoms with van der Waals surface area (Å²) in [6.07, 6.45) is -0.0357. The average molecular weight is 582 g/mol. The number of ether oxygens (including phenoxy) is 4. The first-order valence-electron chi connectivity index (χ1n) is 14.5. The van der Waals surface area contributed by atoms with E-state index in [4.69, 9.17) is 18.9 Å². The molecule has 0 spiro atoms. The lowest BCUT2D eigenvalue weighted by molar-refractivity contribution is -0.384. The highest BCUT2D eigenvalue weighted by molar-refractivity contribution is 5.89. The number of benzene rings is 4. The zero-order chi connectivity index (χ0) is 30.1. The second-order valence-electron chi connectivity index (χ2n) is 10.4. The molecule has 4 aromatic rings. The Morgan fingerprint density at radius 1 is 0.860 bits per heavy atom. The first-order chi connectivity index (χ1) is 21.0. The van der Waals surface area contributed by atoms with Gasteiger partial charge in [0.2, 0.25) is 0 Å². The minimum atomic E-state index is -0.971. The monoisotopic (exact) mass is 581 g/mol. The summed E-state index contributed by atoms with van der Waals surface area (Å²) < 4.78 is 25.3. The van der Waals surface area contributed by atoms with E-state index in [0.29, 0.717) is 6.61 Å². The molecule has 43 heavy (non-hydrogen) atoms. The topological polar surface area (TPSA) is 97.1 Å². The standard InChI is InChI=1S/C35H35NO7/c1-2-3-23-40-31-24-41-32(33(31)43-34(37)26-19-21-30(22-20-26)36(38)39)25-42-35(27-13-7-4-8-14-27,28-15-9-5-10-16-28)29-17-11-6-12-18-29/h4-22,31-33H,2-3,23-25H2,1H3/t31-,32-,33+/m1/s1. The average Bonchev–Trinajstić information content (AvgIpc) is 3.43. The van der Waals surface area contributed by atoms with E-state index in [9.17, 15) is 14.9 Å². The number of hydrogen-bond acceptors (Lipinski definition) is 7. The van der Waals surface area contributed by atoms with E-state index in [-0.39, 0.29) is 24.5 Å². The first-order valence-corrected chi connectivity index (χ1v) is 14.5. The predicted molar refractivity (Wildman–Crippen MR) is 162 cm³/mol. The molecule has 8 heteroatoms. The Balaban J connectivity index is 1.46. The highest BCUT2D eigenvalue weighted by Gasteiger charge is 2.45. The van der Waals surface area contributed by atoms with Gasteiger partial charge in [-0.1, -0.05) is 104 Å². The van der Waals surface area contributed by atoms with Gasteiger partial charge in [0.25, 0.3) is 5.69 Å². The summed E-state index contributed by atoms with van der Waals surface area (Å²) in [5.74, 6) is -0.611. The molecule has 1 saturated heterocycles. The zero-order valence-corrected chi connectivity index (χ0v) is 24.0. The second kappa shape index (κ2) is 14.2. The van der Waals surface area contributed by atoms with Crippen LogP contribution in [0.1, 0.15) is 46.8 Å². The Bertz CT molecular complexity index is 1370. The van der Waals surface area contributed by atoms with Crippen LogP contribution in [0.5, 0.6) is 0 Å². The molecule has 1 heterocycles. The van der Waals surface area contributed by atoms with Gasteiger partial charge < -0.3 is 18.9 Å². The summed E-state index contributed by atoms with van der Waals surface area (Å²) in [5.41, 5.74) is 1.96. The molecule has 0 saturated carbocycles. The van der Waals surface area contributed by atoms with E-state index in [0.717, 1.165) is 29.5 Å². The van der Waals surface area contributed by atoms with Crippen molar-refractivity contribution in [2.75, 3.05) is 19.8 Å². The Hall–Kier alpha value is -4.37. The highest BCUT2D eigenvalue weighted by atomic mass is 16.6. The van der Waals surface area contributed by atoms with E-state index >= 15 is 0 Å². The van der Waals surface area contributed by atoms with E-state index in [2.05, 4.69) is 6.92 Å². The van der Waals surface area contributed by atoms with Crippen molar-refractivity contribution in [3.8, 4) is 0 Å². The number of nitro benzene ring substituents is 1. The molecule has 1 aliphatic heterocycles. The molecule has 1 fully saturated rings. The number of hydrogen-bond donors (Lipinski definition) is 0. The molecule has 1 aliphatic rings. The van der Waals surface area contributed by atoms with Crippen molar-refractivity contribution in [2.24, 2.45) is 0 Å². The van der Waals surface area contributed by atoms with E-state index in [1.807, 2.05) is 91.0 Å². The molecule has 0 amide bonds. The lowest BCUT2D eigenvalue weighted by atomic mass is 9.80. The number of rotatable bonds is 13. The SMILES string of the molecule is CCCCO[C@@H]1CO[C@H](COC(c2ccccc2)(c2ccccc2)c2ccccc2)[C@H]1OC(=O)c1ccc([N+](=O)[O-])cc1. The van der Waals surface area contributed by atoms with E-state index in [1.165, 1.54) is 24.3 Å². The Kier molecular flexibility index (Phi) is 9.94. The summed E-state index contributed by atoms with van der Waals surface area (Å²) in [7, 11) is 0. The molecule has 8 nitrogen and oxygen atoms in total. The number of carbonyl (C=O) groups is 1. The molecule has 0 bridgehead atoms. The summed E-state index contributed by atoms with van der Waals surface area (Å²) >= 11 is 0. The number of unbranched alkanes of at least 4 members (excludes halogenated alkanes) is 1. The van der Waals surface area contributed by atoms with Crippen LogP contribution in [0.2, 0.25) is 0 Å². The van der Waals surface area contributed by atoms with Crippen LogP contribution in [0.25, 0.3) is 0 Å². The fraction of sp³-hybridized carbons (Fsp3) is 0.286. The summed E-state index contributed by atoms with van der Waals surface area (Å²) in [5, 5.41) is 11.1. The first kappa shape index (κ1) is 30.1. The highest BCUT2D eigenvalue weighted by Crippen LogP contribution is 2.41. The van der Waals surface area contributed by atoms with Crippen molar-refractivity contribution in [1.29, 1.82) is 0 Å². The molecule has 222 valence electrons. The Morgan fingerprint density at radius 2 is 1.40 bits per heavy atom. The van der Waals surface area contributed by atoms with Crippen molar-refractivity contribution < 1.29 is 28.7 Å². The van der Waals surface area contributed by atoms with Gasteiger partial charge in [-0.25, -0.2) is 4.79 Å². The maximum absolute atomic E-state index is 13.2. The zero-order valence-electron chi connectivity index (χ0n) is 24.0. The van der Waals surface area contributed by atoms with Crippen LogP contribution in [0.4, 0.5) is 5.69 Å². The number of nitrogens with zero attached hydrogens (tertiary/aromatic N) is 1. The van der Waals surface area contributed by atoms with Crippen LogP contribution in [-0.2, 0) is 24.5 Å². The molecule has 3 atom stereocenters. The van der Waals surface area contributed by atoms with Crippen LogP contribution in [0, 0.1) is 10.1 Å². The van der Waals surface area contributed by atoms with Crippen molar-refractivity contribution in [1.82, 2.24) is 0 Å². The van der Waals surface area contributed by atoms with Gasteiger partial charge in [0.15, 0.2) is 6.10 Å². The molecule has 4 aromatic carbocycles. The molecular weight excluding hydrogens is 546 g/mol. The van der Waals surface area contributed by atoms with Gasteiger partial charge in [-0.05, 0) is 35.2 Å². The van der Waals surface area contributed by atoms with Crippen molar-refractivity contribution in [3.05, 3.63) is 148 Å². The molecule has 0 N–H and O–H groups in total. The van der Waals surface area contributed by atoms with Gasteiger partial charge in [-0.15, -0.1) is 0 Å². The predicted octanol–water partition coefficient (Wildman–Crippen LogP) is 6.71. The molecule has 0 unspecified atom stereocenters. The van der Waals surface area contributed by atoms with Gasteiger partial charge in [0.05, 0.1) is 23.7 Å². The second-order valence-corrected chi connectivity index (χ2v) is 10.4. The molecule has 0 aliphatic carbocycles. The maximum Gasteiger partial charge on any atom is 0.338 e. The number of nitro groups is 1. The number of carbonyl (C=O) groups excluding carboxylic acids is 1. The normalized spacial score (nSPS) is 18.3. The van der Waals surface area contributed by atoms with Gasteiger partial charge in [-0.2, -0.15) is 0 Å². The fourth-order valence-electron chi connectivity index (χ4n) is 5.35. The minimum Gasteiger partial charge on any atom is -0.453 e. The van der Waals surface area contributed by atoms with Crippen LogP contribution >= 0.6 is 0 Å². The number of non-ortho nitro benzene ring substituents is 1. The van der Waals surface area contributed by atoms with E-state index in [1.54, 1.807) is 0 Å². The maximum atomic E-state index is 13.2. The summed E-state index contributed by atoms with van der Waals surface area (Å²) in [6.45, 7) is 2.93. The van der Waals surface area contributed by atoms with Gasteiger partial charge in [0, 0.05) is 18.7 Å². The lowest BCUT2D eigenvalue weighted by Gasteiger charge is -2.37. The molecule has 0 radical (unpaired) electrons. The fourth-order valence-corrected chi connectivity index (χ4v) is 5.35. The Labute approximate surface area is 251 Å². The smallest absolute Gasteiger partial charge is 0.338 e. The van der Waals surface area contributed by atoms with Crippen molar-refractivity contribution in [2.45, 2.75) is 43.7 Å². The van der Waals surface area contributed by atoms with Crippen LogP contribution in [0.15, 0.2) is 115 Å². The molecular formula is C35H35NO7. The van der Waals surface area contributed by atoms with Crippen LogP contribution < -0.4 is 0 Å². The summed E-state index contributed by atoms with van der Waals surface area (Å²) in [4.78, 5) is 23.8. The van der Waals surface area contributed by atoms with E-state index < -0.39 is 34.8 Å². The Morgan fingerprint density at radius 3 is 1.88 bits per heavy atom. The number of esters is 1. The van der Waals surface area contributed by atoms with Gasteiger partial charge in [0.1, 0.15) is 17.8 Å². The lowest BCUT2D eigenvalue weighted by Crippen LogP contribution is -2.42. The van der Waals surface area contributed by atoms with Crippen molar-refractivity contribution in [3.63, 3.8) is 0 Å². The summed E-state index contributed by atoms with van der Waals surface area (Å²) in [6, 6.07) is 35.4. The molecule has 0 aromatic heterocycles. The van der Waals surface area contributed by atoms with Crippen LogP contribution in [0.3, 0.4) is 0 Å². The van der Waals surface area contributed by atoms with Crippen LogP contribution in [-0.4, -0.2) is 49.0 Å². The molecule has 5 rings (SSSR count). The largest absolute Gasteiger partial charge is 0.453 e. The minimum absolute atomic E-state index is 0.102. The third-order valence-electron chi connectivity index (χ3n) is 7.60. The van der Waals surface area contributed by atoms with Gasteiger partial charge >= 0.3 is 5.97 Å².